The van der Waals surface area contributed by atoms with Crippen molar-refractivity contribution in [3.05, 3.63) is 71.8 Å². The third kappa shape index (κ3) is 8.92. The minimum absolute atomic E-state index is 0.0733. The first-order chi connectivity index (χ1) is 16.3. The van der Waals surface area contributed by atoms with Gasteiger partial charge >= 0.3 is 29.8 Å². The molecule has 1 aromatic rings. The second kappa shape index (κ2) is 12.9. The van der Waals surface area contributed by atoms with Gasteiger partial charge in [-0.1, -0.05) is 31.9 Å². The van der Waals surface area contributed by atoms with Crippen LogP contribution in [-0.4, -0.2) is 61.4 Å². The average molecular weight is 488 g/mol. The van der Waals surface area contributed by atoms with E-state index < -0.39 is 61.7 Å². The molecule has 0 aliphatic carbocycles. The third-order valence-electron chi connectivity index (χ3n) is 4.46. The van der Waals surface area contributed by atoms with Crippen LogP contribution in [-0.2, 0) is 33.3 Å². The normalized spacial score (nSPS) is 10.5. The van der Waals surface area contributed by atoms with Crippen LogP contribution in [0.25, 0.3) is 0 Å². The van der Waals surface area contributed by atoms with E-state index in [2.05, 4.69) is 19.7 Å². The number of ether oxygens (including phenoxy) is 4. The molecule has 10 nitrogen and oxygen atoms in total. The molecule has 0 bridgehead atoms. The summed E-state index contributed by atoms with van der Waals surface area (Å²) in [6.45, 7) is 12.6. The molecule has 0 aromatic heterocycles. The number of esters is 4. The predicted molar refractivity (Wildman–Crippen MR) is 123 cm³/mol. The van der Waals surface area contributed by atoms with Crippen LogP contribution >= 0.6 is 0 Å². The summed E-state index contributed by atoms with van der Waals surface area (Å²) in [6, 6.07) is 5.38. The summed E-state index contributed by atoms with van der Waals surface area (Å²) in [5.41, 5.74) is -1.85. The highest BCUT2D eigenvalue weighted by atomic mass is 16.6. The Morgan fingerprint density at radius 1 is 0.686 bits per heavy atom. The second-order valence-electron chi connectivity index (χ2n) is 8.00. The zero-order chi connectivity index (χ0) is 26.8. The Balaban J connectivity index is 3.28. The molecule has 0 radical (unpaired) electrons. The van der Waals surface area contributed by atoms with E-state index in [1.165, 1.54) is 45.0 Å². The second-order valence-corrected chi connectivity index (χ2v) is 8.00. The van der Waals surface area contributed by atoms with Crippen LogP contribution in [0.2, 0.25) is 0 Å². The van der Waals surface area contributed by atoms with Crippen molar-refractivity contribution in [1.82, 2.24) is 0 Å². The Hall–Kier alpha value is -4.21. The monoisotopic (exact) mass is 488 g/mol. The number of hydrogen-bond donors (Lipinski definition) is 1. The predicted octanol–water partition coefficient (Wildman–Crippen LogP) is 2.89. The van der Waals surface area contributed by atoms with Gasteiger partial charge in [0.05, 0.1) is 11.1 Å². The molecular formula is C25H28O10. The van der Waals surface area contributed by atoms with Crippen LogP contribution in [0.4, 0.5) is 0 Å². The van der Waals surface area contributed by atoms with Crippen molar-refractivity contribution in [2.45, 2.75) is 20.8 Å². The molecule has 0 aliphatic rings. The topological polar surface area (TPSA) is 142 Å². The van der Waals surface area contributed by atoms with Gasteiger partial charge in [-0.15, -0.1) is 0 Å². The molecule has 1 aromatic carbocycles. The van der Waals surface area contributed by atoms with Crippen molar-refractivity contribution >= 4 is 29.8 Å². The van der Waals surface area contributed by atoms with Gasteiger partial charge in [0.1, 0.15) is 31.8 Å². The van der Waals surface area contributed by atoms with Crippen molar-refractivity contribution < 1.29 is 48.0 Å². The molecule has 0 saturated heterocycles. The van der Waals surface area contributed by atoms with E-state index in [1.54, 1.807) is 0 Å². The maximum Gasteiger partial charge on any atom is 0.339 e. The van der Waals surface area contributed by atoms with Crippen molar-refractivity contribution in [3.63, 3.8) is 0 Å². The fourth-order valence-corrected chi connectivity index (χ4v) is 2.42. The fourth-order valence-electron chi connectivity index (χ4n) is 2.42. The Morgan fingerprint density at radius 3 is 1.37 bits per heavy atom. The van der Waals surface area contributed by atoms with Gasteiger partial charge in [0.15, 0.2) is 0 Å². The zero-order valence-corrected chi connectivity index (χ0v) is 19.9. The first-order valence-corrected chi connectivity index (χ1v) is 10.3. The van der Waals surface area contributed by atoms with Crippen LogP contribution < -0.4 is 0 Å². The molecule has 0 aliphatic heterocycles. The molecule has 35 heavy (non-hydrogen) atoms. The zero-order valence-electron chi connectivity index (χ0n) is 19.9. The summed E-state index contributed by atoms with van der Waals surface area (Å²) in [6.07, 6.45) is 0. The van der Waals surface area contributed by atoms with E-state index in [0.29, 0.717) is 0 Å². The Kier molecular flexibility index (Phi) is 10.6. The van der Waals surface area contributed by atoms with E-state index in [0.717, 1.165) is 0 Å². The Bertz CT molecular complexity index is 976. The average Bonchev–Trinajstić information content (AvgIpc) is 2.81. The van der Waals surface area contributed by atoms with Crippen LogP contribution in [0.15, 0.2) is 60.7 Å². The Morgan fingerprint density at radius 2 is 1.03 bits per heavy atom. The fraction of sp³-hybridized carbons (Fsp3) is 0.320. The maximum atomic E-state index is 12.7. The lowest BCUT2D eigenvalue weighted by Gasteiger charge is -2.31. The van der Waals surface area contributed by atoms with Crippen LogP contribution in [0.1, 0.15) is 41.5 Å². The standard InChI is InChI=1S/C25H28O10/c1-15(2)21(28)32-11-25(12-33-22(29)16(3)4,13-34-23(30)17(5)6)14-35-24(31)19-10-8-7-9-18(19)20(26)27/h7-10H,1,3,5,11-14H2,2,4,6H3,(H,26,27). The number of aromatic carboxylic acids is 1. The maximum absolute atomic E-state index is 12.7. The van der Waals surface area contributed by atoms with Crippen LogP contribution in [0, 0.1) is 5.41 Å². The molecule has 0 fully saturated rings. The third-order valence-corrected chi connectivity index (χ3v) is 4.46. The molecule has 0 heterocycles. The lowest BCUT2D eigenvalue weighted by molar-refractivity contribution is -0.160. The highest BCUT2D eigenvalue weighted by Crippen LogP contribution is 2.24. The molecule has 0 saturated carbocycles. The molecule has 0 spiro atoms. The summed E-state index contributed by atoms with van der Waals surface area (Å²) in [4.78, 5) is 60.2. The SMILES string of the molecule is C=C(C)C(=O)OCC(COC(=O)C(=C)C)(COC(=O)C(=C)C)COC(=O)c1ccccc1C(=O)O. The number of rotatable bonds is 13. The van der Waals surface area contributed by atoms with Gasteiger partial charge in [0.2, 0.25) is 0 Å². The summed E-state index contributed by atoms with van der Waals surface area (Å²) in [5, 5.41) is 9.33. The minimum Gasteiger partial charge on any atom is -0.478 e. The van der Waals surface area contributed by atoms with Crippen LogP contribution in [0.3, 0.4) is 0 Å². The van der Waals surface area contributed by atoms with E-state index >= 15 is 0 Å². The van der Waals surface area contributed by atoms with Gasteiger partial charge in [-0.25, -0.2) is 24.0 Å². The number of carbonyl (C=O) groups excluding carboxylic acids is 4. The van der Waals surface area contributed by atoms with Gasteiger partial charge in [-0.05, 0) is 32.9 Å². The van der Waals surface area contributed by atoms with Crippen molar-refractivity contribution in [2.24, 2.45) is 5.41 Å². The van der Waals surface area contributed by atoms with E-state index in [1.807, 2.05) is 0 Å². The molecule has 0 atom stereocenters. The number of benzene rings is 1. The number of carboxylic acid groups (broad SMARTS) is 1. The van der Waals surface area contributed by atoms with E-state index in [-0.39, 0.29) is 27.8 Å². The lowest BCUT2D eigenvalue weighted by Crippen LogP contribution is -2.44. The van der Waals surface area contributed by atoms with E-state index in [9.17, 15) is 29.1 Å². The molecule has 0 amide bonds. The molecule has 0 unspecified atom stereocenters. The lowest BCUT2D eigenvalue weighted by atomic mass is 9.92. The minimum atomic E-state index is -1.55. The summed E-state index contributed by atoms with van der Waals surface area (Å²) in [5.74, 6) is -4.70. The quantitative estimate of drug-likeness (QED) is 0.250. The van der Waals surface area contributed by atoms with Gasteiger partial charge in [-0.3, -0.25) is 0 Å². The van der Waals surface area contributed by atoms with Crippen LogP contribution in [0.5, 0.6) is 0 Å². The number of carbonyl (C=O) groups is 5. The van der Waals surface area contributed by atoms with E-state index in [4.69, 9.17) is 18.9 Å². The van der Waals surface area contributed by atoms with Gasteiger partial charge in [-0.2, -0.15) is 0 Å². The van der Waals surface area contributed by atoms with Crippen molar-refractivity contribution in [2.75, 3.05) is 26.4 Å². The van der Waals surface area contributed by atoms with Gasteiger partial charge in [0.25, 0.3) is 0 Å². The molecular weight excluding hydrogens is 460 g/mol. The highest BCUT2D eigenvalue weighted by Gasteiger charge is 2.38. The van der Waals surface area contributed by atoms with Gasteiger partial charge in [0, 0.05) is 16.7 Å². The van der Waals surface area contributed by atoms with Gasteiger partial charge < -0.3 is 24.1 Å². The number of carboxylic acids is 1. The Labute approximate surface area is 202 Å². The summed E-state index contributed by atoms with van der Waals surface area (Å²) < 4.78 is 20.9. The largest absolute Gasteiger partial charge is 0.478 e. The molecule has 1 rings (SSSR count). The first-order valence-electron chi connectivity index (χ1n) is 10.3. The molecule has 1 N–H and O–H groups in total. The highest BCUT2D eigenvalue weighted by molar-refractivity contribution is 6.02. The first kappa shape index (κ1) is 28.8. The summed E-state index contributed by atoms with van der Waals surface area (Å²) in [7, 11) is 0. The summed E-state index contributed by atoms with van der Waals surface area (Å²) >= 11 is 0. The van der Waals surface area contributed by atoms with Crippen molar-refractivity contribution in [1.29, 1.82) is 0 Å². The van der Waals surface area contributed by atoms with Crippen molar-refractivity contribution in [3.8, 4) is 0 Å². The number of hydrogen-bond acceptors (Lipinski definition) is 9. The molecule has 188 valence electrons. The smallest absolute Gasteiger partial charge is 0.339 e. The molecule has 10 heteroatoms.